The number of hydrogen-bond acceptors (Lipinski definition) is 3. The molecular formula is C11H14N2O4. The zero-order valence-corrected chi connectivity index (χ0v) is 9.40. The molecule has 1 aromatic rings. The predicted octanol–water partition coefficient (Wildman–Crippen LogP) is 0.215. The van der Waals surface area contributed by atoms with Crippen LogP contribution < -0.4 is 10.9 Å². The molecule has 17 heavy (non-hydrogen) atoms. The number of aliphatic carboxylic acids is 1. The number of hydrogen-bond donors (Lipinski definition) is 3. The number of aromatic amines is 1. The Morgan fingerprint density at radius 2 is 2.18 bits per heavy atom. The lowest BCUT2D eigenvalue weighted by Gasteiger charge is -2.10. The van der Waals surface area contributed by atoms with Crippen molar-refractivity contribution in [3.63, 3.8) is 0 Å². The summed E-state index contributed by atoms with van der Waals surface area (Å²) in [7, 11) is 0. The molecule has 1 atom stereocenters. The van der Waals surface area contributed by atoms with Crippen molar-refractivity contribution in [2.24, 2.45) is 5.92 Å². The average molecular weight is 238 g/mol. The van der Waals surface area contributed by atoms with E-state index in [4.69, 9.17) is 5.11 Å². The molecule has 6 nitrogen and oxygen atoms in total. The van der Waals surface area contributed by atoms with E-state index in [1.807, 2.05) is 0 Å². The van der Waals surface area contributed by atoms with E-state index < -0.39 is 17.8 Å². The van der Waals surface area contributed by atoms with Crippen LogP contribution in [0.5, 0.6) is 0 Å². The van der Waals surface area contributed by atoms with Gasteiger partial charge in [0.1, 0.15) is 5.69 Å². The van der Waals surface area contributed by atoms with Crippen molar-refractivity contribution in [2.75, 3.05) is 6.54 Å². The maximum atomic E-state index is 11.6. The second-order valence-corrected chi connectivity index (χ2v) is 3.58. The Morgan fingerprint density at radius 1 is 1.47 bits per heavy atom. The molecule has 92 valence electrons. The van der Waals surface area contributed by atoms with Crippen LogP contribution in [0.3, 0.4) is 0 Å². The van der Waals surface area contributed by atoms with Gasteiger partial charge in [0.05, 0.1) is 5.92 Å². The lowest BCUT2D eigenvalue weighted by molar-refractivity contribution is -0.141. The fourth-order valence-electron chi connectivity index (χ4n) is 1.30. The summed E-state index contributed by atoms with van der Waals surface area (Å²) < 4.78 is 0. The van der Waals surface area contributed by atoms with Gasteiger partial charge in [-0.25, -0.2) is 0 Å². The number of pyridine rings is 1. The third-order valence-corrected chi connectivity index (χ3v) is 2.36. The van der Waals surface area contributed by atoms with E-state index >= 15 is 0 Å². The second-order valence-electron chi connectivity index (χ2n) is 3.58. The highest BCUT2D eigenvalue weighted by atomic mass is 16.4. The van der Waals surface area contributed by atoms with E-state index in [9.17, 15) is 14.4 Å². The Balaban J connectivity index is 2.61. The first-order valence-corrected chi connectivity index (χ1v) is 5.25. The summed E-state index contributed by atoms with van der Waals surface area (Å²) in [5, 5.41) is 11.3. The molecule has 0 radical (unpaired) electrons. The molecule has 0 saturated heterocycles. The monoisotopic (exact) mass is 238 g/mol. The largest absolute Gasteiger partial charge is 0.481 e. The summed E-state index contributed by atoms with van der Waals surface area (Å²) in [5.74, 6) is -2.05. The lowest BCUT2D eigenvalue weighted by atomic mass is 10.1. The number of carbonyl (C=O) groups excluding carboxylic acids is 1. The minimum Gasteiger partial charge on any atom is -0.481 e. The highest BCUT2D eigenvalue weighted by Gasteiger charge is 2.16. The van der Waals surface area contributed by atoms with E-state index in [0.29, 0.717) is 6.42 Å². The predicted molar refractivity (Wildman–Crippen MR) is 60.8 cm³/mol. The molecule has 0 aliphatic rings. The van der Waals surface area contributed by atoms with Crippen LogP contribution in [-0.4, -0.2) is 28.5 Å². The third-order valence-electron chi connectivity index (χ3n) is 2.36. The number of carboxylic acid groups (broad SMARTS) is 1. The van der Waals surface area contributed by atoms with Gasteiger partial charge in [-0.15, -0.1) is 0 Å². The Kier molecular flexibility index (Phi) is 4.45. The molecule has 0 bridgehead atoms. The maximum Gasteiger partial charge on any atom is 0.308 e. The zero-order chi connectivity index (χ0) is 12.8. The van der Waals surface area contributed by atoms with Gasteiger partial charge < -0.3 is 15.4 Å². The van der Waals surface area contributed by atoms with Crippen molar-refractivity contribution >= 4 is 11.9 Å². The van der Waals surface area contributed by atoms with E-state index in [1.54, 1.807) is 6.92 Å². The standard InChI is InChI=1S/C11H14N2O4/c1-2-7(11(16)17)6-12-10(15)8-4-3-5-9(14)13-8/h3-5,7H,2,6H2,1H3,(H,12,15)(H,13,14)(H,16,17). The van der Waals surface area contributed by atoms with E-state index in [-0.39, 0.29) is 17.8 Å². The summed E-state index contributed by atoms with van der Waals surface area (Å²) in [6.07, 6.45) is 0.431. The zero-order valence-electron chi connectivity index (χ0n) is 9.40. The van der Waals surface area contributed by atoms with Crippen LogP contribution in [0.1, 0.15) is 23.8 Å². The van der Waals surface area contributed by atoms with E-state index in [1.165, 1.54) is 18.2 Å². The van der Waals surface area contributed by atoms with E-state index in [0.717, 1.165) is 0 Å². The maximum absolute atomic E-state index is 11.6. The third kappa shape index (κ3) is 3.75. The Labute approximate surface area is 97.7 Å². The quantitative estimate of drug-likeness (QED) is 0.683. The first-order valence-electron chi connectivity index (χ1n) is 5.25. The van der Waals surface area contributed by atoms with Gasteiger partial charge in [-0.05, 0) is 12.5 Å². The number of H-pyrrole nitrogens is 1. The smallest absolute Gasteiger partial charge is 0.308 e. The van der Waals surface area contributed by atoms with Gasteiger partial charge in [-0.1, -0.05) is 13.0 Å². The first-order chi connectivity index (χ1) is 8.04. The molecule has 1 unspecified atom stereocenters. The molecule has 0 spiro atoms. The van der Waals surface area contributed by atoms with Crippen LogP contribution in [0.25, 0.3) is 0 Å². The van der Waals surface area contributed by atoms with Crippen LogP contribution in [0.15, 0.2) is 23.0 Å². The Hall–Kier alpha value is -2.11. The number of carbonyl (C=O) groups is 2. The number of amides is 1. The normalized spacial score (nSPS) is 11.8. The average Bonchev–Trinajstić information content (AvgIpc) is 2.29. The fourth-order valence-corrected chi connectivity index (χ4v) is 1.30. The van der Waals surface area contributed by atoms with Gasteiger partial charge in [0, 0.05) is 12.6 Å². The molecule has 1 rings (SSSR count). The van der Waals surface area contributed by atoms with Crippen LogP contribution >= 0.6 is 0 Å². The van der Waals surface area contributed by atoms with Crippen molar-refractivity contribution in [1.29, 1.82) is 0 Å². The van der Waals surface area contributed by atoms with Gasteiger partial charge in [0.15, 0.2) is 0 Å². The van der Waals surface area contributed by atoms with Gasteiger partial charge in [0.2, 0.25) is 5.56 Å². The molecule has 0 fully saturated rings. The molecule has 0 aliphatic carbocycles. The van der Waals surface area contributed by atoms with Crippen LogP contribution in [-0.2, 0) is 4.79 Å². The molecule has 1 amide bonds. The number of carboxylic acids is 1. The number of rotatable bonds is 5. The van der Waals surface area contributed by atoms with Gasteiger partial charge in [-0.2, -0.15) is 0 Å². The fraction of sp³-hybridized carbons (Fsp3) is 0.364. The van der Waals surface area contributed by atoms with Crippen molar-refractivity contribution in [3.8, 4) is 0 Å². The SMILES string of the molecule is CCC(CNC(=O)c1cccc(=O)[nH]1)C(=O)O. The van der Waals surface area contributed by atoms with Crippen LogP contribution in [0.4, 0.5) is 0 Å². The van der Waals surface area contributed by atoms with Crippen LogP contribution in [0.2, 0.25) is 0 Å². The molecule has 1 heterocycles. The van der Waals surface area contributed by atoms with Crippen molar-refractivity contribution < 1.29 is 14.7 Å². The minimum absolute atomic E-state index is 0.0432. The Morgan fingerprint density at radius 3 is 2.71 bits per heavy atom. The van der Waals surface area contributed by atoms with Crippen molar-refractivity contribution in [1.82, 2.24) is 10.3 Å². The van der Waals surface area contributed by atoms with Crippen molar-refractivity contribution in [3.05, 3.63) is 34.2 Å². The summed E-state index contributed by atoms with van der Waals surface area (Å²) in [5.41, 5.74) is -0.249. The van der Waals surface area contributed by atoms with E-state index in [2.05, 4.69) is 10.3 Å². The lowest BCUT2D eigenvalue weighted by Crippen LogP contribution is -2.33. The van der Waals surface area contributed by atoms with Gasteiger partial charge in [-0.3, -0.25) is 14.4 Å². The number of aromatic nitrogens is 1. The Bertz CT molecular complexity index is 467. The van der Waals surface area contributed by atoms with Crippen LogP contribution in [0, 0.1) is 5.92 Å². The topological polar surface area (TPSA) is 99.3 Å². The molecule has 0 saturated carbocycles. The summed E-state index contributed by atoms with van der Waals surface area (Å²) in [6.45, 7) is 1.77. The van der Waals surface area contributed by atoms with Gasteiger partial charge >= 0.3 is 5.97 Å². The highest BCUT2D eigenvalue weighted by molar-refractivity contribution is 5.92. The molecular weight excluding hydrogens is 224 g/mol. The molecule has 0 aliphatic heterocycles. The summed E-state index contributed by atoms with van der Waals surface area (Å²) >= 11 is 0. The second kappa shape index (κ2) is 5.83. The number of nitrogens with one attached hydrogen (secondary N) is 2. The minimum atomic E-state index is -0.950. The molecule has 1 aromatic heterocycles. The molecule has 3 N–H and O–H groups in total. The highest BCUT2D eigenvalue weighted by Crippen LogP contribution is 2.01. The van der Waals surface area contributed by atoms with Crippen molar-refractivity contribution in [2.45, 2.75) is 13.3 Å². The summed E-state index contributed by atoms with van der Waals surface area (Å²) in [6, 6.07) is 4.21. The summed E-state index contributed by atoms with van der Waals surface area (Å²) in [4.78, 5) is 35.6. The molecule has 0 aromatic carbocycles. The first kappa shape index (κ1) is 13.0. The molecule has 6 heteroatoms. The van der Waals surface area contributed by atoms with Gasteiger partial charge in [0.25, 0.3) is 5.91 Å².